The van der Waals surface area contributed by atoms with E-state index in [4.69, 9.17) is 9.47 Å². The highest BCUT2D eigenvalue weighted by atomic mass is 32.2. The second-order valence-electron chi connectivity index (χ2n) is 6.57. The molecule has 0 amide bonds. The van der Waals surface area contributed by atoms with Gasteiger partial charge in [0.05, 0.1) is 14.2 Å². The molecule has 0 aliphatic heterocycles. The Bertz CT molecular complexity index is 659. The largest absolute Gasteiger partial charge is 0.493 e. The van der Waals surface area contributed by atoms with Gasteiger partial charge in [-0.25, -0.2) is 4.72 Å². The molecule has 6 nitrogen and oxygen atoms in total. The smallest absolute Gasteiger partial charge is 0.279 e. The summed E-state index contributed by atoms with van der Waals surface area (Å²) < 4.78 is 39.1. The van der Waals surface area contributed by atoms with Crippen molar-refractivity contribution in [1.29, 1.82) is 0 Å². The predicted molar refractivity (Wildman–Crippen MR) is 99.5 cm³/mol. The molecule has 1 unspecified atom stereocenters. The minimum Gasteiger partial charge on any atom is -0.493 e. The van der Waals surface area contributed by atoms with E-state index in [9.17, 15) is 8.42 Å². The maximum Gasteiger partial charge on any atom is 0.279 e. The van der Waals surface area contributed by atoms with E-state index < -0.39 is 10.2 Å². The fourth-order valence-corrected chi connectivity index (χ4v) is 4.07. The Balaban J connectivity index is 2.07. The molecule has 0 spiro atoms. The summed E-state index contributed by atoms with van der Waals surface area (Å²) in [6.45, 7) is 2.91. The molecule has 25 heavy (non-hydrogen) atoms. The van der Waals surface area contributed by atoms with Gasteiger partial charge in [-0.05, 0) is 55.2 Å². The Morgan fingerprint density at radius 2 is 1.92 bits per heavy atom. The summed E-state index contributed by atoms with van der Waals surface area (Å²) in [6, 6.07) is 6.01. The molecule has 1 N–H and O–H groups in total. The van der Waals surface area contributed by atoms with Gasteiger partial charge in [-0.1, -0.05) is 13.0 Å². The van der Waals surface area contributed by atoms with E-state index in [2.05, 4.69) is 10.8 Å². The average molecular weight is 371 g/mol. The standard InChI is InChI=1S/C18H30N2O4S/c1-5-11-19-25(21,22)20(2)12-10-16(14-6-7-14)15-8-9-17(23-3)18(13-15)24-4/h8-9,13-14,16,19H,5-7,10-12H2,1-4H3. The zero-order chi connectivity index (χ0) is 18.4. The number of nitrogens with zero attached hydrogens (tertiary/aromatic N) is 1. The zero-order valence-electron chi connectivity index (χ0n) is 15.6. The molecule has 1 aliphatic rings. The van der Waals surface area contributed by atoms with Crippen LogP contribution >= 0.6 is 0 Å². The van der Waals surface area contributed by atoms with E-state index in [1.807, 2.05) is 19.1 Å². The molecule has 1 atom stereocenters. The Labute approximate surface area is 151 Å². The first kappa shape index (κ1) is 20.0. The summed E-state index contributed by atoms with van der Waals surface area (Å²) in [6.07, 6.45) is 3.97. The second kappa shape index (κ2) is 8.87. The lowest BCUT2D eigenvalue weighted by Crippen LogP contribution is -2.39. The molecular weight excluding hydrogens is 340 g/mol. The fraction of sp³-hybridized carbons (Fsp3) is 0.667. The fourth-order valence-electron chi connectivity index (χ4n) is 3.04. The molecule has 0 radical (unpaired) electrons. The van der Waals surface area contributed by atoms with E-state index in [-0.39, 0.29) is 0 Å². The average Bonchev–Trinajstić information content (AvgIpc) is 3.44. The molecule has 0 heterocycles. The maximum atomic E-state index is 12.2. The van der Waals surface area contributed by atoms with Gasteiger partial charge in [-0.15, -0.1) is 0 Å². The first-order chi connectivity index (χ1) is 11.9. The summed E-state index contributed by atoms with van der Waals surface area (Å²) in [5, 5.41) is 0. The van der Waals surface area contributed by atoms with E-state index in [0.717, 1.165) is 18.6 Å². The van der Waals surface area contributed by atoms with Crippen molar-refractivity contribution < 1.29 is 17.9 Å². The number of ether oxygens (including phenoxy) is 2. The van der Waals surface area contributed by atoms with Gasteiger partial charge in [0.2, 0.25) is 0 Å². The highest BCUT2D eigenvalue weighted by molar-refractivity contribution is 7.87. The molecule has 0 aromatic heterocycles. The van der Waals surface area contributed by atoms with Crippen LogP contribution in [0.5, 0.6) is 11.5 Å². The van der Waals surface area contributed by atoms with Crippen LogP contribution in [-0.4, -0.2) is 47.1 Å². The first-order valence-corrected chi connectivity index (χ1v) is 10.3. The summed E-state index contributed by atoms with van der Waals surface area (Å²) >= 11 is 0. The van der Waals surface area contributed by atoms with Gasteiger partial charge < -0.3 is 9.47 Å². The normalized spacial score (nSPS) is 16.0. The van der Waals surface area contributed by atoms with Crippen LogP contribution in [0.15, 0.2) is 18.2 Å². The molecule has 0 bridgehead atoms. The van der Waals surface area contributed by atoms with Crippen LogP contribution < -0.4 is 14.2 Å². The number of rotatable bonds is 11. The van der Waals surface area contributed by atoms with Gasteiger partial charge in [0.15, 0.2) is 11.5 Å². The van der Waals surface area contributed by atoms with Gasteiger partial charge >= 0.3 is 0 Å². The Morgan fingerprint density at radius 1 is 1.24 bits per heavy atom. The third-order valence-electron chi connectivity index (χ3n) is 4.73. The van der Waals surface area contributed by atoms with Crippen molar-refractivity contribution in [3.05, 3.63) is 23.8 Å². The number of hydrogen-bond donors (Lipinski definition) is 1. The molecule has 7 heteroatoms. The Hall–Kier alpha value is -1.31. The molecule has 2 rings (SSSR count). The highest BCUT2D eigenvalue weighted by Crippen LogP contribution is 2.46. The van der Waals surface area contributed by atoms with E-state index in [1.54, 1.807) is 21.3 Å². The van der Waals surface area contributed by atoms with Crippen LogP contribution in [0.3, 0.4) is 0 Å². The second-order valence-corrected chi connectivity index (χ2v) is 8.43. The predicted octanol–water partition coefficient (Wildman–Crippen LogP) is 2.76. The van der Waals surface area contributed by atoms with Crippen molar-refractivity contribution in [3.63, 3.8) is 0 Å². The number of methoxy groups -OCH3 is 2. The molecule has 0 saturated heterocycles. The van der Waals surface area contributed by atoms with E-state index in [1.165, 1.54) is 22.7 Å². The minimum atomic E-state index is -3.39. The van der Waals surface area contributed by atoms with Crippen LogP contribution in [0.25, 0.3) is 0 Å². The highest BCUT2D eigenvalue weighted by Gasteiger charge is 2.33. The first-order valence-electron chi connectivity index (χ1n) is 8.85. The lowest BCUT2D eigenvalue weighted by molar-refractivity contribution is 0.353. The number of nitrogens with one attached hydrogen (secondary N) is 1. The van der Waals surface area contributed by atoms with Gasteiger partial charge in [0.1, 0.15) is 0 Å². The van der Waals surface area contributed by atoms with Gasteiger partial charge in [-0.3, -0.25) is 0 Å². The lowest BCUT2D eigenvalue weighted by atomic mass is 9.90. The van der Waals surface area contributed by atoms with Gasteiger partial charge in [0, 0.05) is 20.1 Å². The van der Waals surface area contributed by atoms with Gasteiger partial charge in [-0.2, -0.15) is 12.7 Å². The van der Waals surface area contributed by atoms with Gasteiger partial charge in [0.25, 0.3) is 10.2 Å². The van der Waals surface area contributed by atoms with E-state index in [0.29, 0.717) is 30.7 Å². The Morgan fingerprint density at radius 3 is 2.48 bits per heavy atom. The Kier molecular flexibility index (Phi) is 7.10. The molecule has 1 fully saturated rings. The van der Waals surface area contributed by atoms with Crippen molar-refractivity contribution in [2.75, 3.05) is 34.4 Å². The van der Waals surface area contributed by atoms with Crippen LogP contribution in [0, 0.1) is 5.92 Å². The van der Waals surface area contributed by atoms with Crippen molar-refractivity contribution in [1.82, 2.24) is 9.03 Å². The molecule has 1 aromatic carbocycles. The van der Waals surface area contributed by atoms with Crippen molar-refractivity contribution >= 4 is 10.2 Å². The summed E-state index contributed by atoms with van der Waals surface area (Å²) in [4.78, 5) is 0. The van der Waals surface area contributed by atoms with Crippen molar-refractivity contribution in [2.45, 2.75) is 38.5 Å². The maximum absolute atomic E-state index is 12.2. The molecule has 1 aliphatic carbocycles. The SMILES string of the molecule is CCCNS(=O)(=O)N(C)CCC(c1ccc(OC)c(OC)c1)C1CC1. The van der Waals surface area contributed by atoms with Crippen LogP contribution in [0.1, 0.15) is 44.1 Å². The third kappa shape index (κ3) is 5.33. The molecule has 1 saturated carbocycles. The van der Waals surface area contributed by atoms with Crippen LogP contribution in [0.2, 0.25) is 0 Å². The molecule has 1 aromatic rings. The number of benzene rings is 1. The summed E-state index contributed by atoms with van der Waals surface area (Å²) in [7, 11) is 1.50. The molecular formula is C18H30N2O4S. The summed E-state index contributed by atoms with van der Waals surface area (Å²) in [5.41, 5.74) is 1.19. The summed E-state index contributed by atoms with van der Waals surface area (Å²) in [5.74, 6) is 2.39. The number of hydrogen-bond acceptors (Lipinski definition) is 4. The quantitative estimate of drug-likeness (QED) is 0.650. The van der Waals surface area contributed by atoms with Crippen LogP contribution in [0.4, 0.5) is 0 Å². The topological polar surface area (TPSA) is 67.9 Å². The van der Waals surface area contributed by atoms with Crippen molar-refractivity contribution in [2.24, 2.45) is 5.92 Å². The van der Waals surface area contributed by atoms with E-state index >= 15 is 0 Å². The zero-order valence-corrected chi connectivity index (χ0v) is 16.4. The lowest BCUT2D eigenvalue weighted by Gasteiger charge is -2.23. The monoisotopic (exact) mass is 370 g/mol. The van der Waals surface area contributed by atoms with Crippen LogP contribution in [-0.2, 0) is 10.2 Å². The molecule has 142 valence electrons. The van der Waals surface area contributed by atoms with Crippen molar-refractivity contribution in [3.8, 4) is 11.5 Å². The minimum absolute atomic E-state index is 0.337. The third-order valence-corrected chi connectivity index (χ3v) is 6.30.